The topological polar surface area (TPSA) is 109 Å². The fraction of sp³-hybridized carbons (Fsp3) is 0.350. The second-order valence-electron chi connectivity index (χ2n) is 6.77. The van der Waals surface area contributed by atoms with Crippen LogP contribution in [0, 0.1) is 6.92 Å². The zero-order valence-electron chi connectivity index (χ0n) is 15.1. The summed E-state index contributed by atoms with van der Waals surface area (Å²) < 4.78 is 5.18. The van der Waals surface area contributed by atoms with Gasteiger partial charge in [-0.2, -0.15) is 0 Å². The van der Waals surface area contributed by atoms with E-state index in [1.807, 2.05) is 0 Å². The van der Waals surface area contributed by atoms with Gasteiger partial charge in [0.05, 0.1) is 11.8 Å². The molecule has 7 nitrogen and oxygen atoms in total. The van der Waals surface area contributed by atoms with Gasteiger partial charge >= 0.3 is 5.97 Å². The maximum Gasteiger partial charge on any atom is 0.311 e. The lowest BCUT2D eigenvalue weighted by molar-refractivity contribution is -0.136. The Morgan fingerprint density at radius 2 is 1.78 bits per heavy atom. The molecular weight excluding hydrogens is 348 g/mol. The standard InChI is InChI=1S/C20H22N2O5/c1-12-11-27-16(10-17(23)24)18(12)20(26)22-15-8-6-13(7-9-15)19(25)21-14-4-2-3-5-14/h6-9,11,14H,2-5,10H2,1H3,(H,21,25)(H,22,26)(H,23,24). The predicted molar refractivity (Wildman–Crippen MR) is 98.9 cm³/mol. The Morgan fingerprint density at radius 3 is 2.41 bits per heavy atom. The fourth-order valence-electron chi connectivity index (χ4n) is 3.31. The Kier molecular flexibility index (Phi) is 5.59. The molecule has 0 spiro atoms. The molecule has 1 aromatic carbocycles. The van der Waals surface area contributed by atoms with Gasteiger partial charge in [-0.25, -0.2) is 0 Å². The van der Waals surface area contributed by atoms with Crippen molar-refractivity contribution in [1.29, 1.82) is 0 Å². The lowest BCUT2D eigenvalue weighted by Crippen LogP contribution is -2.32. The molecule has 142 valence electrons. The Labute approximate surface area is 156 Å². The highest BCUT2D eigenvalue weighted by atomic mass is 16.4. The van der Waals surface area contributed by atoms with Gasteiger partial charge in [-0.05, 0) is 44.0 Å². The van der Waals surface area contributed by atoms with Crippen LogP contribution in [0.5, 0.6) is 0 Å². The normalized spacial score (nSPS) is 14.1. The SMILES string of the molecule is Cc1coc(CC(=O)O)c1C(=O)Nc1ccc(C(=O)NC2CCCC2)cc1. The number of benzene rings is 1. The van der Waals surface area contributed by atoms with Crippen molar-refractivity contribution < 1.29 is 23.9 Å². The second-order valence-corrected chi connectivity index (χ2v) is 6.77. The number of anilines is 1. The minimum atomic E-state index is -1.07. The number of aliphatic carboxylic acids is 1. The van der Waals surface area contributed by atoms with Crippen LogP contribution >= 0.6 is 0 Å². The van der Waals surface area contributed by atoms with Crippen molar-refractivity contribution in [3.8, 4) is 0 Å². The highest BCUT2D eigenvalue weighted by Crippen LogP contribution is 2.21. The minimum absolute atomic E-state index is 0.116. The Hall–Kier alpha value is -3.09. The monoisotopic (exact) mass is 370 g/mol. The number of hydrogen-bond donors (Lipinski definition) is 3. The molecule has 3 rings (SSSR count). The van der Waals surface area contributed by atoms with E-state index >= 15 is 0 Å². The van der Waals surface area contributed by atoms with E-state index in [0.29, 0.717) is 16.8 Å². The van der Waals surface area contributed by atoms with Crippen molar-refractivity contribution in [3.05, 3.63) is 53.0 Å². The number of carbonyl (C=O) groups excluding carboxylic acids is 2. The number of aryl methyl sites for hydroxylation is 1. The van der Waals surface area contributed by atoms with Crippen LogP contribution in [-0.2, 0) is 11.2 Å². The first-order valence-electron chi connectivity index (χ1n) is 8.95. The second kappa shape index (κ2) is 8.07. The number of hydrogen-bond acceptors (Lipinski definition) is 4. The summed E-state index contributed by atoms with van der Waals surface area (Å²) in [4.78, 5) is 35.7. The molecule has 2 aromatic rings. The summed E-state index contributed by atoms with van der Waals surface area (Å²) in [5.41, 5.74) is 1.84. The lowest BCUT2D eigenvalue weighted by Gasteiger charge is -2.12. The Bertz CT molecular complexity index is 848. The summed E-state index contributed by atoms with van der Waals surface area (Å²) in [7, 11) is 0. The maximum absolute atomic E-state index is 12.5. The summed E-state index contributed by atoms with van der Waals surface area (Å²) in [6.45, 7) is 1.68. The van der Waals surface area contributed by atoms with Gasteiger partial charge in [0, 0.05) is 22.9 Å². The zero-order valence-corrected chi connectivity index (χ0v) is 15.1. The molecule has 1 saturated carbocycles. The third-order valence-electron chi connectivity index (χ3n) is 4.69. The van der Waals surface area contributed by atoms with Crippen molar-refractivity contribution in [3.63, 3.8) is 0 Å². The summed E-state index contributed by atoms with van der Waals surface area (Å²) in [6, 6.07) is 6.84. The third kappa shape index (κ3) is 4.55. The van der Waals surface area contributed by atoms with Crippen LogP contribution < -0.4 is 10.6 Å². The number of amides is 2. The molecule has 3 N–H and O–H groups in total. The van der Waals surface area contributed by atoms with Crippen molar-refractivity contribution in [2.45, 2.75) is 45.1 Å². The lowest BCUT2D eigenvalue weighted by atomic mass is 10.1. The van der Waals surface area contributed by atoms with Crippen LogP contribution in [0.25, 0.3) is 0 Å². The largest absolute Gasteiger partial charge is 0.481 e. The molecular formula is C20H22N2O5. The van der Waals surface area contributed by atoms with E-state index in [4.69, 9.17) is 9.52 Å². The van der Waals surface area contributed by atoms with E-state index < -0.39 is 11.9 Å². The van der Waals surface area contributed by atoms with E-state index in [2.05, 4.69) is 10.6 Å². The van der Waals surface area contributed by atoms with E-state index in [1.165, 1.54) is 6.26 Å². The number of furan rings is 1. The zero-order chi connectivity index (χ0) is 19.4. The predicted octanol–water partition coefficient (Wildman–Crippen LogP) is 3.14. The molecule has 1 aliphatic carbocycles. The van der Waals surface area contributed by atoms with Crippen molar-refractivity contribution in [2.24, 2.45) is 0 Å². The summed E-state index contributed by atoms with van der Waals surface area (Å²) in [6.07, 6.45) is 5.33. The molecule has 1 heterocycles. The molecule has 2 amide bonds. The minimum Gasteiger partial charge on any atom is -0.481 e. The third-order valence-corrected chi connectivity index (χ3v) is 4.69. The van der Waals surface area contributed by atoms with Gasteiger partial charge < -0.3 is 20.2 Å². The van der Waals surface area contributed by atoms with E-state index in [1.54, 1.807) is 31.2 Å². The van der Waals surface area contributed by atoms with Crippen LogP contribution in [0.2, 0.25) is 0 Å². The Balaban J connectivity index is 1.66. The Morgan fingerprint density at radius 1 is 1.11 bits per heavy atom. The maximum atomic E-state index is 12.5. The molecule has 27 heavy (non-hydrogen) atoms. The van der Waals surface area contributed by atoms with Gasteiger partial charge in [-0.3, -0.25) is 14.4 Å². The van der Waals surface area contributed by atoms with Gasteiger partial charge in [0.1, 0.15) is 12.2 Å². The smallest absolute Gasteiger partial charge is 0.311 e. The summed E-state index contributed by atoms with van der Waals surface area (Å²) in [5.74, 6) is -1.52. The quantitative estimate of drug-likeness (QED) is 0.724. The van der Waals surface area contributed by atoms with Crippen molar-refractivity contribution in [1.82, 2.24) is 5.32 Å². The molecule has 0 saturated heterocycles. The van der Waals surface area contributed by atoms with Gasteiger partial charge in [0.2, 0.25) is 0 Å². The molecule has 0 unspecified atom stereocenters. The highest BCUT2D eigenvalue weighted by Gasteiger charge is 2.21. The first-order valence-corrected chi connectivity index (χ1v) is 8.95. The number of carboxylic acid groups (broad SMARTS) is 1. The van der Waals surface area contributed by atoms with Crippen molar-refractivity contribution >= 4 is 23.5 Å². The number of carboxylic acids is 1. The first-order chi connectivity index (χ1) is 12.9. The van der Waals surface area contributed by atoms with Gasteiger partial charge in [-0.15, -0.1) is 0 Å². The van der Waals surface area contributed by atoms with Crippen LogP contribution in [0.1, 0.15) is 57.7 Å². The molecule has 1 aliphatic rings. The molecule has 0 bridgehead atoms. The molecule has 1 aromatic heterocycles. The summed E-state index contributed by atoms with van der Waals surface area (Å²) in [5, 5.41) is 14.7. The molecule has 1 fully saturated rings. The van der Waals surface area contributed by atoms with E-state index in [0.717, 1.165) is 25.7 Å². The van der Waals surface area contributed by atoms with E-state index in [-0.39, 0.29) is 29.7 Å². The van der Waals surface area contributed by atoms with E-state index in [9.17, 15) is 14.4 Å². The molecule has 0 radical (unpaired) electrons. The highest BCUT2D eigenvalue weighted by molar-refractivity contribution is 6.06. The number of nitrogens with one attached hydrogen (secondary N) is 2. The van der Waals surface area contributed by atoms with Crippen molar-refractivity contribution in [2.75, 3.05) is 5.32 Å². The van der Waals surface area contributed by atoms with Gasteiger partial charge in [0.15, 0.2) is 0 Å². The number of rotatable bonds is 6. The van der Waals surface area contributed by atoms with Crippen LogP contribution in [0.3, 0.4) is 0 Å². The fourth-order valence-corrected chi connectivity index (χ4v) is 3.31. The van der Waals surface area contributed by atoms with Gasteiger partial charge in [-0.1, -0.05) is 12.8 Å². The average molecular weight is 370 g/mol. The molecule has 7 heteroatoms. The van der Waals surface area contributed by atoms with Crippen LogP contribution in [0.4, 0.5) is 5.69 Å². The summed E-state index contributed by atoms with van der Waals surface area (Å²) >= 11 is 0. The van der Waals surface area contributed by atoms with Crippen LogP contribution in [-0.4, -0.2) is 28.9 Å². The average Bonchev–Trinajstić information content (AvgIpc) is 3.25. The van der Waals surface area contributed by atoms with Gasteiger partial charge in [0.25, 0.3) is 11.8 Å². The van der Waals surface area contributed by atoms with Crippen LogP contribution in [0.15, 0.2) is 34.9 Å². The number of carbonyl (C=O) groups is 3. The molecule has 0 aliphatic heterocycles. The first kappa shape index (κ1) is 18.7. The molecule has 0 atom stereocenters.